The molecule has 2 heterocycles. The van der Waals surface area contributed by atoms with Crippen LogP contribution in [0.5, 0.6) is 0 Å². The maximum absolute atomic E-state index is 12.1. The number of carbonyl (C=O) groups excluding carboxylic acids is 1. The van der Waals surface area contributed by atoms with E-state index in [1.54, 1.807) is 11.8 Å². The second-order valence-corrected chi connectivity index (χ2v) is 5.17. The molecule has 3 rings (SSSR count). The third-order valence-corrected chi connectivity index (χ3v) is 4.18. The van der Waals surface area contributed by atoms with Gasteiger partial charge in [-0.05, 0) is 24.3 Å². The molecule has 1 aliphatic heterocycles. The van der Waals surface area contributed by atoms with E-state index in [0.717, 1.165) is 16.3 Å². The predicted molar refractivity (Wildman–Crippen MR) is 69.1 cm³/mol. The number of fused-ring (bicyclic) bond motifs is 1. The van der Waals surface area contributed by atoms with Crippen LogP contribution in [0, 0.1) is 0 Å². The fourth-order valence-corrected chi connectivity index (χ4v) is 3.18. The molecule has 17 heavy (non-hydrogen) atoms. The van der Waals surface area contributed by atoms with Crippen molar-refractivity contribution in [3.05, 3.63) is 48.3 Å². The minimum atomic E-state index is -0.162. The molecule has 0 saturated carbocycles. The molecule has 1 N–H and O–H groups in total. The van der Waals surface area contributed by atoms with Crippen LogP contribution in [-0.2, 0) is 11.8 Å². The number of anilines is 1. The zero-order valence-electron chi connectivity index (χ0n) is 9.38. The van der Waals surface area contributed by atoms with E-state index >= 15 is 0 Å². The summed E-state index contributed by atoms with van der Waals surface area (Å²) < 4.78 is 1.99. The Labute approximate surface area is 104 Å². The zero-order valence-corrected chi connectivity index (χ0v) is 10.2. The van der Waals surface area contributed by atoms with Gasteiger partial charge in [-0.3, -0.25) is 4.79 Å². The number of carbonyl (C=O) groups is 1. The second kappa shape index (κ2) is 3.96. The van der Waals surface area contributed by atoms with E-state index < -0.39 is 0 Å². The first-order chi connectivity index (χ1) is 8.25. The van der Waals surface area contributed by atoms with Crippen molar-refractivity contribution < 1.29 is 4.79 Å². The second-order valence-electron chi connectivity index (χ2n) is 4.03. The Morgan fingerprint density at radius 1 is 1.24 bits per heavy atom. The van der Waals surface area contributed by atoms with Gasteiger partial charge in [-0.1, -0.05) is 12.1 Å². The molecule has 1 aliphatic rings. The minimum absolute atomic E-state index is 0.0514. The fraction of sp³-hybridized carbons (Fsp3) is 0.154. The van der Waals surface area contributed by atoms with Crippen molar-refractivity contribution in [2.24, 2.45) is 7.05 Å². The maximum Gasteiger partial charge on any atom is 0.243 e. The van der Waals surface area contributed by atoms with Crippen LogP contribution in [0.15, 0.2) is 47.5 Å². The first-order valence-corrected chi connectivity index (χ1v) is 6.31. The van der Waals surface area contributed by atoms with Crippen LogP contribution in [-0.4, -0.2) is 10.5 Å². The van der Waals surface area contributed by atoms with Crippen LogP contribution in [0.25, 0.3) is 0 Å². The number of thioether (sulfide) groups is 1. The zero-order chi connectivity index (χ0) is 11.8. The summed E-state index contributed by atoms with van der Waals surface area (Å²) in [5, 5.41) is 2.79. The molecule has 0 radical (unpaired) electrons. The van der Waals surface area contributed by atoms with Gasteiger partial charge in [0.25, 0.3) is 0 Å². The smallest absolute Gasteiger partial charge is 0.243 e. The number of aryl methyl sites for hydroxylation is 1. The highest BCUT2D eigenvalue weighted by Gasteiger charge is 2.29. The average Bonchev–Trinajstić information content (AvgIpc) is 2.74. The standard InChI is InChI=1S/C13H12N2OS/c1-15-8-4-6-10(15)12-13(16)14-9-5-2-3-7-11(9)17-12/h2-8,12H,1H3,(H,14,16)/t12-/m0/s1. The van der Waals surface area contributed by atoms with Gasteiger partial charge in [0.05, 0.1) is 5.69 Å². The Kier molecular flexibility index (Phi) is 2.44. The van der Waals surface area contributed by atoms with E-state index in [4.69, 9.17) is 0 Å². The monoisotopic (exact) mass is 244 g/mol. The predicted octanol–water partition coefficient (Wildman–Crippen LogP) is 2.81. The molecule has 0 unspecified atom stereocenters. The molecule has 0 saturated heterocycles. The van der Waals surface area contributed by atoms with E-state index in [-0.39, 0.29) is 11.2 Å². The molecular formula is C13H12N2OS. The summed E-state index contributed by atoms with van der Waals surface area (Å²) in [6, 6.07) is 11.8. The lowest BCUT2D eigenvalue weighted by molar-refractivity contribution is -0.116. The van der Waals surface area contributed by atoms with Crippen LogP contribution in [0.2, 0.25) is 0 Å². The lowest BCUT2D eigenvalue weighted by atomic mass is 10.2. The number of benzene rings is 1. The molecule has 86 valence electrons. The summed E-state index contributed by atoms with van der Waals surface area (Å²) in [4.78, 5) is 13.2. The van der Waals surface area contributed by atoms with Gasteiger partial charge in [0.2, 0.25) is 5.91 Å². The number of para-hydroxylation sites is 1. The summed E-state index contributed by atoms with van der Waals surface area (Å²) >= 11 is 1.60. The number of nitrogens with zero attached hydrogens (tertiary/aromatic N) is 1. The number of amides is 1. The highest BCUT2D eigenvalue weighted by atomic mass is 32.2. The third-order valence-electron chi connectivity index (χ3n) is 2.88. The number of hydrogen-bond acceptors (Lipinski definition) is 2. The van der Waals surface area contributed by atoms with Crippen LogP contribution < -0.4 is 5.32 Å². The third kappa shape index (κ3) is 1.74. The fourth-order valence-electron chi connectivity index (χ4n) is 1.99. The number of rotatable bonds is 1. The van der Waals surface area contributed by atoms with E-state index in [0.29, 0.717) is 0 Å². The highest BCUT2D eigenvalue weighted by Crippen LogP contribution is 2.43. The molecule has 0 aliphatic carbocycles. The Bertz CT molecular complexity index is 576. The Balaban J connectivity index is 2.00. The van der Waals surface area contributed by atoms with Crippen molar-refractivity contribution in [3.8, 4) is 0 Å². The average molecular weight is 244 g/mol. The van der Waals surface area contributed by atoms with Crippen molar-refractivity contribution in [1.29, 1.82) is 0 Å². The molecule has 2 aromatic rings. The summed E-state index contributed by atoms with van der Waals surface area (Å²) in [6.45, 7) is 0. The van der Waals surface area contributed by atoms with E-state index in [1.807, 2.05) is 54.2 Å². The van der Waals surface area contributed by atoms with Gasteiger partial charge in [-0.25, -0.2) is 0 Å². The largest absolute Gasteiger partial charge is 0.353 e. The van der Waals surface area contributed by atoms with Crippen molar-refractivity contribution in [3.63, 3.8) is 0 Å². The number of nitrogens with one attached hydrogen (secondary N) is 1. The van der Waals surface area contributed by atoms with E-state index in [9.17, 15) is 4.79 Å². The van der Waals surface area contributed by atoms with Gasteiger partial charge in [0, 0.05) is 23.8 Å². The molecule has 1 atom stereocenters. The lowest BCUT2D eigenvalue weighted by Gasteiger charge is -2.24. The summed E-state index contributed by atoms with van der Waals surface area (Å²) in [6.07, 6.45) is 1.96. The van der Waals surface area contributed by atoms with E-state index in [2.05, 4.69) is 5.32 Å². The molecule has 1 aromatic carbocycles. The molecule has 1 amide bonds. The Hall–Kier alpha value is -1.68. The number of aromatic nitrogens is 1. The summed E-state index contributed by atoms with van der Waals surface area (Å²) in [5.41, 5.74) is 1.94. The highest BCUT2D eigenvalue weighted by molar-refractivity contribution is 8.00. The quantitative estimate of drug-likeness (QED) is 0.837. The lowest BCUT2D eigenvalue weighted by Crippen LogP contribution is -2.24. The minimum Gasteiger partial charge on any atom is -0.353 e. The SMILES string of the molecule is Cn1cccc1[C@@H]1Sc2ccccc2NC1=O. The van der Waals surface area contributed by atoms with Gasteiger partial charge >= 0.3 is 0 Å². The van der Waals surface area contributed by atoms with Crippen LogP contribution >= 0.6 is 11.8 Å². The first kappa shape index (κ1) is 10.5. The van der Waals surface area contributed by atoms with Crippen LogP contribution in [0.3, 0.4) is 0 Å². The maximum atomic E-state index is 12.1. The van der Waals surface area contributed by atoms with Gasteiger partial charge < -0.3 is 9.88 Å². The normalized spacial score (nSPS) is 18.6. The van der Waals surface area contributed by atoms with Gasteiger partial charge in [0.1, 0.15) is 5.25 Å². The van der Waals surface area contributed by atoms with Crippen LogP contribution in [0.4, 0.5) is 5.69 Å². The van der Waals surface area contributed by atoms with E-state index in [1.165, 1.54) is 0 Å². The summed E-state index contributed by atoms with van der Waals surface area (Å²) in [7, 11) is 1.96. The van der Waals surface area contributed by atoms with Crippen molar-refractivity contribution in [2.45, 2.75) is 10.1 Å². The first-order valence-electron chi connectivity index (χ1n) is 5.43. The molecule has 3 nitrogen and oxygen atoms in total. The van der Waals surface area contributed by atoms with Crippen molar-refractivity contribution >= 4 is 23.4 Å². The molecule has 0 fully saturated rings. The molecule has 0 bridgehead atoms. The molecule has 1 aromatic heterocycles. The van der Waals surface area contributed by atoms with Crippen LogP contribution in [0.1, 0.15) is 10.9 Å². The molecular weight excluding hydrogens is 232 g/mol. The topological polar surface area (TPSA) is 34.0 Å². The number of hydrogen-bond donors (Lipinski definition) is 1. The molecule has 0 spiro atoms. The van der Waals surface area contributed by atoms with Gasteiger partial charge in [0.15, 0.2) is 0 Å². The Morgan fingerprint density at radius 2 is 2.06 bits per heavy atom. The Morgan fingerprint density at radius 3 is 2.82 bits per heavy atom. The van der Waals surface area contributed by atoms with Gasteiger partial charge in [-0.15, -0.1) is 11.8 Å². The van der Waals surface area contributed by atoms with Crippen molar-refractivity contribution in [1.82, 2.24) is 4.57 Å². The summed E-state index contributed by atoms with van der Waals surface area (Å²) in [5.74, 6) is 0.0514. The molecule has 4 heteroatoms. The van der Waals surface area contributed by atoms with Gasteiger partial charge in [-0.2, -0.15) is 0 Å². The van der Waals surface area contributed by atoms with Crippen molar-refractivity contribution in [2.75, 3.05) is 5.32 Å².